The van der Waals surface area contributed by atoms with Crippen LogP contribution in [-0.4, -0.2) is 26.6 Å². The minimum atomic E-state index is -0.177. The molecule has 7 nitrogen and oxygen atoms in total. The summed E-state index contributed by atoms with van der Waals surface area (Å²) in [6.45, 7) is 4.74. The third kappa shape index (κ3) is 3.94. The third-order valence-corrected chi connectivity index (χ3v) is 5.01. The summed E-state index contributed by atoms with van der Waals surface area (Å²) in [5.74, 6) is 1.50. The smallest absolute Gasteiger partial charge is 0.291 e. The summed E-state index contributed by atoms with van der Waals surface area (Å²) in [5, 5.41) is 7.35. The number of aryl methyl sites for hydroxylation is 3. The number of amides is 1. The van der Waals surface area contributed by atoms with Gasteiger partial charge in [-0.2, -0.15) is 5.10 Å². The van der Waals surface area contributed by atoms with Crippen LogP contribution < -0.4 is 10.9 Å². The number of carbonyl (C=O) groups is 1. The first-order valence-electron chi connectivity index (χ1n) is 9.83. The van der Waals surface area contributed by atoms with Gasteiger partial charge in [0.05, 0.1) is 5.52 Å². The van der Waals surface area contributed by atoms with Gasteiger partial charge in [0.15, 0.2) is 5.58 Å². The number of benzene rings is 1. The Labute approximate surface area is 167 Å². The molecule has 3 aromatic heterocycles. The molecule has 0 unspecified atom stereocenters. The predicted octanol–water partition coefficient (Wildman–Crippen LogP) is 3.00. The second kappa shape index (κ2) is 7.95. The van der Waals surface area contributed by atoms with Crippen LogP contribution in [0.3, 0.4) is 0 Å². The van der Waals surface area contributed by atoms with E-state index in [1.165, 1.54) is 10.2 Å². The van der Waals surface area contributed by atoms with Gasteiger partial charge in [-0.3, -0.25) is 14.0 Å². The Kier molecular flexibility index (Phi) is 5.20. The Bertz CT molecular complexity index is 1220. The Hall–Kier alpha value is -3.35. The Balaban J connectivity index is 1.36. The summed E-state index contributed by atoms with van der Waals surface area (Å²) < 4.78 is 8.89. The lowest BCUT2D eigenvalue weighted by atomic mass is 10.1. The van der Waals surface area contributed by atoms with E-state index in [9.17, 15) is 9.59 Å². The molecule has 0 bridgehead atoms. The van der Waals surface area contributed by atoms with E-state index in [1.807, 2.05) is 54.6 Å². The summed E-state index contributed by atoms with van der Waals surface area (Å²) in [5.41, 5.74) is 3.09. The number of hydrogen-bond acceptors (Lipinski definition) is 4. The van der Waals surface area contributed by atoms with Gasteiger partial charge >= 0.3 is 0 Å². The Morgan fingerprint density at radius 3 is 2.72 bits per heavy atom. The molecule has 0 atom stereocenters. The monoisotopic (exact) mass is 392 g/mol. The molecule has 0 aliphatic carbocycles. The van der Waals surface area contributed by atoms with Crippen molar-refractivity contribution < 1.29 is 9.21 Å². The van der Waals surface area contributed by atoms with Crippen LogP contribution in [0.15, 0.2) is 51.7 Å². The maximum absolute atomic E-state index is 12.8. The van der Waals surface area contributed by atoms with Gasteiger partial charge < -0.3 is 9.73 Å². The summed E-state index contributed by atoms with van der Waals surface area (Å²) in [7, 11) is 0. The molecule has 29 heavy (non-hydrogen) atoms. The van der Waals surface area contributed by atoms with Crippen molar-refractivity contribution in [2.45, 2.75) is 39.7 Å². The number of nitrogens with zero attached hydrogens (tertiary/aromatic N) is 3. The zero-order valence-corrected chi connectivity index (χ0v) is 16.6. The summed E-state index contributed by atoms with van der Waals surface area (Å²) in [6, 6.07) is 13.7. The van der Waals surface area contributed by atoms with Crippen LogP contribution in [-0.2, 0) is 17.8 Å². The van der Waals surface area contributed by atoms with E-state index >= 15 is 0 Å². The molecular formula is C22H24N4O3. The molecule has 3 heterocycles. The molecule has 1 amide bonds. The van der Waals surface area contributed by atoms with E-state index in [0.29, 0.717) is 42.9 Å². The molecule has 1 aromatic carbocycles. The van der Waals surface area contributed by atoms with E-state index < -0.39 is 0 Å². The van der Waals surface area contributed by atoms with Crippen LogP contribution in [0, 0.1) is 13.8 Å². The summed E-state index contributed by atoms with van der Waals surface area (Å²) >= 11 is 0. The van der Waals surface area contributed by atoms with Crippen molar-refractivity contribution >= 4 is 22.5 Å². The van der Waals surface area contributed by atoms with E-state index in [2.05, 4.69) is 10.4 Å². The zero-order chi connectivity index (χ0) is 20.4. The van der Waals surface area contributed by atoms with Crippen molar-refractivity contribution in [2.24, 2.45) is 0 Å². The van der Waals surface area contributed by atoms with Crippen LogP contribution in [0.5, 0.6) is 0 Å². The molecule has 150 valence electrons. The van der Waals surface area contributed by atoms with E-state index in [4.69, 9.17) is 4.42 Å². The average molecular weight is 392 g/mol. The number of carbonyl (C=O) groups excluding carboxylic acids is 1. The number of furan rings is 1. The number of hydrogen-bond donors (Lipinski definition) is 1. The number of nitrogens with one attached hydrogen (secondary N) is 1. The van der Waals surface area contributed by atoms with Gasteiger partial charge in [0.1, 0.15) is 17.1 Å². The van der Waals surface area contributed by atoms with Gasteiger partial charge in [-0.1, -0.05) is 30.3 Å². The first kappa shape index (κ1) is 19.0. The van der Waals surface area contributed by atoms with Crippen LogP contribution in [0.25, 0.3) is 16.6 Å². The maximum Gasteiger partial charge on any atom is 0.291 e. The number of fused-ring (bicyclic) bond motifs is 3. The fourth-order valence-electron chi connectivity index (χ4n) is 3.64. The maximum atomic E-state index is 12.8. The Morgan fingerprint density at radius 2 is 1.93 bits per heavy atom. The van der Waals surface area contributed by atoms with Crippen LogP contribution >= 0.6 is 0 Å². The van der Waals surface area contributed by atoms with Gasteiger partial charge in [0.25, 0.3) is 5.56 Å². The largest absolute Gasteiger partial charge is 0.460 e. The number of rotatable bonds is 7. The van der Waals surface area contributed by atoms with Gasteiger partial charge in [0, 0.05) is 31.6 Å². The molecule has 0 saturated heterocycles. The molecule has 4 rings (SSSR count). The second-order valence-corrected chi connectivity index (χ2v) is 7.24. The zero-order valence-electron chi connectivity index (χ0n) is 16.6. The molecule has 0 spiro atoms. The SMILES string of the molecule is Cc1cc2c(cc3c(=O)n(CCCC(=O)NCCc4ccccc4)nc(C)n32)o1. The second-order valence-electron chi connectivity index (χ2n) is 7.24. The lowest BCUT2D eigenvalue weighted by Crippen LogP contribution is -2.28. The Morgan fingerprint density at radius 1 is 1.14 bits per heavy atom. The molecular weight excluding hydrogens is 368 g/mol. The molecule has 4 aromatic rings. The fraction of sp³-hybridized carbons (Fsp3) is 0.318. The molecule has 0 aliphatic heterocycles. The molecule has 7 heteroatoms. The van der Waals surface area contributed by atoms with Gasteiger partial charge in [-0.15, -0.1) is 0 Å². The summed E-state index contributed by atoms with van der Waals surface area (Å²) in [6.07, 6.45) is 1.71. The van der Waals surface area contributed by atoms with Crippen molar-refractivity contribution in [1.29, 1.82) is 0 Å². The van der Waals surface area contributed by atoms with Gasteiger partial charge in [-0.05, 0) is 32.3 Å². The molecule has 0 aliphatic rings. The highest BCUT2D eigenvalue weighted by molar-refractivity contribution is 5.83. The first-order chi connectivity index (χ1) is 14.0. The minimum absolute atomic E-state index is 0.0116. The van der Waals surface area contributed by atoms with Crippen molar-refractivity contribution in [3.63, 3.8) is 0 Å². The van der Waals surface area contributed by atoms with Crippen LogP contribution in [0.1, 0.15) is 30.0 Å². The lowest BCUT2D eigenvalue weighted by molar-refractivity contribution is -0.121. The van der Waals surface area contributed by atoms with Gasteiger partial charge in [0.2, 0.25) is 5.91 Å². The quantitative estimate of drug-likeness (QED) is 0.524. The highest BCUT2D eigenvalue weighted by Gasteiger charge is 2.15. The van der Waals surface area contributed by atoms with Crippen molar-refractivity contribution in [3.8, 4) is 0 Å². The van der Waals surface area contributed by atoms with Crippen molar-refractivity contribution in [1.82, 2.24) is 19.5 Å². The lowest BCUT2D eigenvalue weighted by Gasteiger charge is -2.09. The number of aromatic nitrogens is 3. The standard InChI is InChI=1S/C22H24N4O3/c1-15-13-18-20(29-15)14-19-22(28)25(24-16(2)26(18)19)12-6-9-21(27)23-11-10-17-7-4-3-5-8-17/h3-5,7-8,13-14H,6,9-12H2,1-2H3,(H,23,27). The predicted molar refractivity (Wildman–Crippen MR) is 111 cm³/mol. The summed E-state index contributed by atoms with van der Waals surface area (Å²) in [4.78, 5) is 24.8. The third-order valence-electron chi connectivity index (χ3n) is 5.01. The van der Waals surface area contributed by atoms with E-state index in [-0.39, 0.29) is 11.5 Å². The molecule has 1 N–H and O–H groups in total. The highest BCUT2D eigenvalue weighted by atomic mass is 16.3. The van der Waals surface area contributed by atoms with Crippen LogP contribution in [0.4, 0.5) is 0 Å². The van der Waals surface area contributed by atoms with Crippen molar-refractivity contribution in [2.75, 3.05) is 6.54 Å². The molecule has 0 saturated carbocycles. The fourth-order valence-corrected chi connectivity index (χ4v) is 3.64. The average Bonchev–Trinajstić information content (AvgIpc) is 3.22. The van der Waals surface area contributed by atoms with E-state index in [1.54, 1.807) is 6.07 Å². The highest BCUT2D eigenvalue weighted by Crippen LogP contribution is 2.22. The first-order valence-corrected chi connectivity index (χ1v) is 9.83. The minimum Gasteiger partial charge on any atom is -0.460 e. The van der Waals surface area contributed by atoms with Gasteiger partial charge in [-0.25, -0.2) is 4.68 Å². The van der Waals surface area contributed by atoms with E-state index in [0.717, 1.165) is 17.7 Å². The topological polar surface area (TPSA) is 81.5 Å². The van der Waals surface area contributed by atoms with Crippen molar-refractivity contribution in [3.05, 3.63) is 70.0 Å². The molecule has 0 fully saturated rings. The van der Waals surface area contributed by atoms with Crippen LogP contribution in [0.2, 0.25) is 0 Å². The molecule has 0 radical (unpaired) electrons. The normalized spacial score (nSPS) is 11.4.